The summed E-state index contributed by atoms with van der Waals surface area (Å²) in [6.07, 6.45) is 0. The van der Waals surface area contributed by atoms with E-state index in [2.05, 4.69) is 11.7 Å². The maximum absolute atomic E-state index is 13.7. The standard InChI is InChI=1S/C19H19FN2O2/c1-13(19(21)23-3)16-9-5-4-8-15(16)12-24-22-14(2)17-10-6-7-11-18(17)20/h4-11,21H,1,12H2,2-3H3/b21-19?,22-14+. The number of halogens is 1. The van der Waals surface area contributed by atoms with Crippen LogP contribution in [0, 0.1) is 11.2 Å². The van der Waals surface area contributed by atoms with Crippen LogP contribution in [0.5, 0.6) is 0 Å². The lowest BCUT2D eigenvalue weighted by Crippen LogP contribution is -2.05. The molecule has 24 heavy (non-hydrogen) atoms. The van der Waals surface area contributed by atoms with E-state index in [1.807, 2.05) is 24.3 Å². The molecular formula is C19H19FN2O2. The van der Waals surface area contributed by atoms with Crippen molar-refractivity contribution in [2.24, 2.45) is 5.16 Å². The molecule has 0 saturated heterocycles. The molecular weight excluding hydrogens is 307 g/mol. The molecule has 0 fully saturated rings. The zero-order chi connectivity index (χ0) is 17.5. The summed E-state index contributed by atoms with van der Waals surface area (Å²) >= 11 is 0. The van der Waals surface area contributed by atoms with Gasteiger partial charge in [-0.25, -0.2) is 4.39 Å². The highest BCUT2D eigenvalue weighted by Gasteiger charge is 2.11. The average molecular weight is 326 g/mol. The Bertz CT molecular complexity index is 784. The highest BCUT2D eigenvalue weighted by Crippen LogP contribution is 2.20. The van der Waals surface area contributed by atoms with Crippen LogP contribution >= 0.6 is 0 Å². The van der Waals surface area contributed by atoms with Crippen molar-refractivity contribution in [3.05, 3.63) is 77.6 Å². The van der Waals surface area contributed by atoms with Gasteiger partial charge >= 0.3 is 0 Å². The van der Waals surface area contributed by atoms with Crippen molar-refractivity contribution < 1.29 is 14.0 Å². The Kier molecular flexibility index (Phi) is 5.84. The first-order valence-corrected chi connectivity index (χ1v) is 7.36. The Hall–Kier alpha value is -2.95. The number of rotatable bonds is 6. The number of nitrogens with zero attached hydrogens (tertiary/aromatic N) is 1. The van der Waals surface area contributed by atoms with Gasteiger partial charge in [-0.15, -0.1) is 0 Å². The van der Waals surface area contributed by atoms with Gasteiger partial charge in [-0.3, -0.25) is 5.41 Å². The summed E-state index contributed by atoms with van der Waals surface area (Å²) < 4.78 is 18.6. The molecule has 0 atom stereocenters. The normalized spacial score (nSPS) is 11.0. The lowest BCUT2D eigenvalue weighted by molar-refractivity contribution is 0.130. The number of nitrogens with one attached hydrogen (secondary N) is 1. The summed E-state index contributed by atoms with van der Waals surface area (Å²) in [7, 11) is 1.43. The van der Waals surface area contributed by atoms with E-state index in [0.29, 0.717) is 16.8 Å². The molecule has 0 spiro atoms. The van der Waals surface area contributed by atoms with Crippen LogP contribution in [-0.4, -0.2) is 18.7 Å². The minimum Gasteiger partial charge on any atom is -0.481 e. The molecule has 0 bridgehead atoms. The summed E-state index contributed by atoms with van der Waals surface area (Å²) in [6, 6.07) is 13.8. The molecule has 0 aliphatic rings. The first kappa shape index (κ1) is 17.4. The molecule has 0 radical (unpaired) electrons. The highest BCUT2D eigenvalue weighted by molar-refractivity contribution is 6.17. The van der Waals surface area contributed by atoms with E-state index < -0.39 is 0 Å². The minimum absolute atomic E-state index is 0.00603. The van der Waals surface area contributed by atoms with E-state index in [1.165, 1.54) is 13.2 Å². The molecule has 2 rings (SSSR count). The van der Waals surface area contributed by atoms with Gasteiger partial charge in [0.25, 0.3) is 0 Å². The van der Waals surface area contributed by atoms with Gasteiger partial charge in [-0.2, -0.15) is 0 Å². The predicted octanol–water partition coefficient (Wildman–Crippen LogP) is 4.40. The summed E-state index contributed by atoms with van der Waals surface area (Å²) in [5.41, 5.74) is 2.88. The molecule has 0 aromatic heterocycles. The van der Waals surface area contributed by atoms with E-state index in [4.69, 9.17) is 15.0 Å². The van der Waals surface area contributed by atoms with Crippen LogP contribution in [0.1, 0.15) is 23.6 Å². The third kappa shape index (κ3) is 4.07. The van der Waals surface area contributed by atoms with E-state index >= 15 is 0 Å². The SMILES string of the molecule is C=C(C(=N)OC)c1ccccc1CO/N=C(\C)c1ccccc1F. The molecule has 0 amide bonds. The Labute approximate surface area is 140 Å². The van der Waals surface area contributed by atoms with Crippen LogP contribution in [0.2, 0.25) is 0 Å². The fraction of sp³-hybridized carbons (Fsp3) is 0.158. The molecule has 1 N–H and O–H groups in total. The smallest absolute Gasteiger partial charge is 0.212 e. The summed E-state index contributed by atoms with van der Waals surface area (Å²) in [5.74, 6) is -0.349. The summed E-state index contributed by atoms with van der Waals surface area (Å²) in [6.45, 7) is 5.73. The van der Waals surface area contributed by atoms with Gasteiger partial charge in [0, 0.05) is 11.1 Å². The Morgan fingerprint density at radius 2 is 1.75 bits per heavy atom. The first-order chi connectivity index (χ1) is 11.5. The second kappa shape index (κ2) is 8.06. The molecule has 5 heteroatoms. The molecule has 2 aromatic rings. The Morgan fingerprint density at radius 3 is 2.42 bits per heavy atom. The van der Waals surface area contributed by atoms with E-state index in [-0.39, 0.29) is 18.3 Å². The maximum Gasteiger partial charge on any atom is 0.212 e. The second-order valence-corrected chi connectivity index (χ2v) is 5.10. The van der Waals surface area contributed by atoms with Gasteiger partial charge in [-0.1, -0.05) is 54.2 Å². The van der Waals surface area contributed by atoms with Gasteiger partial charge in [0.15, 0.2) is 0 Å². The molecule has 4 nitrogen and oxygen atoms in total. The molecule has 0 heterocycles. The van der Waals surface area contributed by atoms with Crippen molar-refractivity contribution in [2.45, 2.75) is 13.5 Å². The van der Waals surface area contributed by atoms with E-state index in [0.717, 1.165) is 11.1 Å². The first-order valence-electron chi connectivity index (χ1n) is 7.36. The zero-order valence-electron chi connectivity index (χ0n) is 13.7. The van der Waals surface area contributed by atoms with Crippen molar-refractivity contribution >= 4 is 17.2 Å². The van der Waals surface area contributed by atoms with Gasteiger partial charge in [0.1, 0.15) is 12.4 Å². The van der Waals surface area contributed by atoms with E-state index in [9.17, 15) is 4.39 Å². The average Bonchev–Trinajstić information content (AvgIpc) is 2.61. The number of methoxy groups -OCH3 is 1. The predicted molar refractivity (Wildman–Crippen MR) is 93.6 cm³/mol. The van der Waals surface area contributed by atoms with Crippen LogP contribution in [0.15, 0.2) is 60.3 Å². The van der Waals surface area contributed by atoms with Crippen LogP contribution in [0.25, 0.3) is 5.57 Å². The third-order valence-corrected chi connectivity index (χ3v) is 3.51. The zero-order valence-corrected chi connectivity index (χ0v) is 13.7. The van der Waals surface area contributed by atoms with Crippen molar-refractivity contribution in [1.82, 2.24) is 0 Å². The molecule has 0 aliphatic heterocycles. The second-order valence-electron chi connectivity index (χ2n) is 5.10. The topological polar surface area (TPSA) is 54.7 Å². The number of hydrogen-bond acceptors (Lipinski definition) is 4. The van der Waals surface area contributed by atoms with Gasteiger partial charge in [0.05, 0.1) is 12.8 Å². The van der Waals surface area contributed by atoms with Crippen molar-refractivity contribution in [2.75, 3.05) is 7.11 Å². The Balaban J connectivity index is 2.13. The number of hydrogen-bond donors (Lipinski definition) is 1. The van der Waals surface area contributed by atoms with Crippen LogP contribution in [0.3, 0.4) is 0 Å². The number of oxime groups is 1. The lowest BCUT2D eigenvalue weighted by Gasteiger charge is -2.11. The minimum atomic E-state index is -0.343. The maximum atomic E-state index is 13.7. The summed E-state index contributed by atoms with van der Waals surface area (Å²) in [5, 5.41) is 11.7. The fourth-order valence-corrected chi connectivity index (χ4v) is 2.19. The summed E-state index contributed by atoms with van der Waals surface area (Å²) in [4.78, 5) is 5.36. The highest BCUT2D eigenvalue weighted by atomic mass is 19.1. The van der Waals surface area contributed by atoms with Crippen LogP contribution in [-0.2, 0) is 16.2 Å². The molecule has 0 aliphatic carbocycles. The number of benzene rings is 2. The molecule has 0 saturated carbocycles. The van der Waals surface area contributed by atoms with Gasteiger partial charge in [-0.05, 0) is 24.1 Å². The third-order valence-electron chi connectivity index (χ3n) is 3.51. The van der Waals surface area contributed by atoms with E-state index in [1.54, 1.807) is 25.1 Å². The fourth-order valence-electron chi connectivity index (χ4n) is 2.19. The van der Waals surface area contributed by atoms with Gasteiger partial charge < -0.3 is 9.57 Å². The number of ether oxygens (including phenoxy) is 1. The molecule has 124 valence electrons. The van der Waals surface area contributed by atoms with Crippen LogP contribution in [0.4, 0.5) is 4.39 Å². The van der Waals surface area contributed by atoms with Gasteiger partial charge in [0.2, 0.25) is 5.90 Å². The monoisotopic (exact) mass is 326 g/mol. The van der Waals surface area contributed by atoms with Crippen molar-refractivity contribution in [1.29, 1.82) is 5.41 Å². The van der Waals surface area contributed by atoms with Crippen molar-refractivity contribution in [3.63, 3.8) is 0 Å². The largest absolute Gasteiger partial charge is 0.481 e. The molecule has 2 aromatic carbocycles. The molecule has 0 unspecified atom stereocenters. The van der Waals surface area contributed by atoms with Crippen molar-refractivity contribution in [3.8, 4) is 0 Å². The van der Waals surface area contributed by atoms with Crippen LogP contribution < -0.4 is 0 Å². The lowest BCUT2D eigenvalue weighted by atomic mass is 10.0. The quantitative estimate of drug-likeness (QED) is 0.486. The Morgan fingerprint density at radius 1 is 1.12 bits per heavy atom.